The van der Waals surface area contributed by atoms with E-state index in [0.717, 1.165) is 32.1 Å². The molecular weight excluding hydrogens is 841 g/mol. The zero-order valence-electron chi connectivity index (χ0n) is 44.2. The Morgan fingerprint density at radius 1 is 0.463 bits per heavy atom. The van der Waals surface area contributed by atoms with Crippen molar-refractivity contribution in [2.45, 2.75) is 327 Å². The molecule has 0 aromatic rings. The van der Waals surface area contributed by atoms with Crippen LogP contribution in [0.5, 0.6) is 0 Å². The van der Waals surface area contributed by atoms with Crippen LogP contribution in [0.3, 0.4) is 0 Å². The number of rotatable bonds is 52. The summed E-state index contributed by atoms with van der Waals surface area (Å²) in [6, 6.07) is 0. The van der Waals surface area contributed by atoms with Crippen LogP contribution in [0, 0.1) is 0 Å². The van der Waals surface area contributed by atoms with Gasteiger partial charge in [0.15, 0.2) is 6.29 Å². The molecule has 0 aliphatic carbocycles. The van der Waals surface area contributed by atoms with Gasteiger partial charge in [-0.3, -0.25) is 4.79 Å². The third-order valence-corrected chi connectivity index (χ3v) is 13.9. The minimum atomic E-state index is -1.53. The largest absolute Gasteiger partial charge is 0.457 e. The highest BCUT2D eigenvalue weighted by atomic mass is 16.7. The molecule has 1 rings (SSSR count). The predicted molar refractivity (Wildman–Crippen MR) is 279 cm³/mol. The first-order valence-corrected chi connectivity index (χ1v) is 29.3. The van der Waals surface area contributed by atoms with Gasteiger partial charge in [-0.1, -0.05) is 257 Å². The van der Waals surface area contributed by atoms with Gasteiger partial charge in [0.05, 0.1) is 19.8 Å². The lowest BCUT2D eigenvalue weighted by molar-refractivity contribution is -0.305. The van der Waals surface area contributed by atoms with Crippen molar-refractivity contribution in [2.24, 2.45) is 0 Å². The minimum Gasteiger partial charge on any atom is -0.457 e. The van der Waals surface area contributed by atoms with Crippen LogP contribution in [0.15, 0.2) is 12.2 Å². The normalized spacial score (nSPS) is 19.2. The highest BCUT2D eigenvalue weighted by Gasteiger charge is 2.44. The Balaban J connectivity index is 2.11. The molecule has 1 fully saturated rings. The van der Waals surface area contributed by atoms with Gasteiger partial charge in [0.25, 0.3) is 0 Å². The fraction of sp³-hybridized carbons (Fsp3) is 0.948. The number of esters is 1. The summed E-state index contributed by atoms with van der Waals surface area (Å²) in [5, 5.41) is 40.3. The molecule has 0 amide bonds. The number of aliphatic hydroxyl groups is 4. The molecule has 1 saturated heterocycles. The van der Waals surface area contributed by atoms with Gasteiger partial charge in [0.1, 0.15) is 30.5 Å². The van der Waals surface area contributed by atoms with Crippen LogP contribution in [0.25, 0.3) is 0 Å². The average molecular weight is 954 g/mol. The van der Waals surface area contributed by atoms with E-state index in [1.54, 1.807) is 0 Å². The Labute approximate surface area is 414 Å². The highest BCUT2D eigenvalue weighted by molar-refractivity contribution is 5.69. The molecule has 9 heteroatoms. The quantitative estimate of drug-likeness (QED) is 0.0267. The van der Waals surface area contributed by atoms with Crippen molar-refractivity contribution in [3.05, 3.63) is 12.2 Å². The van der Waals surface area contributed by atoms with E-state index in [0.29, 0.717) is 13.0 Å². The number of ether oxygens (including phenoxy) is 4. The lowest BCUT2D eigenvalue weighted by Gasteiger charge is -2.39. The molecule has 6 atom stereocenters. The number of hydrogen-bond donors (Lipinski definition) is 4. The molecule has 0 aromatic carbocycles. The van der Waals surface area contributed by atoms with Gasteiger partial charge < -0.3 is 39.4 Å². The van der Waals surface area contributed by atoms with Crippen LogP contribution >= 0.6 is 0 Å². The first kappa shape index (κ1) is 63.9. The standard InChI is InChI=1S/C58H112O9/c1-3-5-7-9-11-13-15-17-19-21-23-24-25-26-27-28-29-30-32-34-36-38-40-42-44-46-48-64-50-52(51-65-58-57(63)56(62)55(61)53(49-59)67-58)66-54(60)47-45-43-41-39-37-35-33-31-22-20-18-16-14-12-10-8-6-4-2/h21,23,52-53,55-59,61-63H,3-20,22,24-51H2,1-2H3/b23-21-. The van der Waals surface area contributed by atoms with Crippen molar-refractivity contribution in [1.29, 1.82) is 0 Å². The summed E-state index contributed by atoms with van der Waals surface area (Å²) in [5.41, 5.74) is 0. The molecule has 6 unspecified atom stereocenters. The van der Waals surface area contributed by atoms with Crippen LogP contribution in [-0.4, -0.2) is 89.6 Å². The topological polar surface area (TPSA) is 135 Å². The first-order valence-electron chi connectivity index (χ1n) is 29.3. The summed E-state index contributed by atoms with van der Waals surface area (Å²) in [6.07, 6.45) is 52.6. The van der Waals surface area contributed by atoms with E-state index >= 15 is 0 Å². The van der Waals surface area contributed by atoms with Crippen molar-refractivity contribution in [2.75, 3.05) is 26.4 Å². The molecule has 1 heterocycles. The van der Waals surface area contributed by atoms with Gasteiger partial charge >= 0.3 is 5.97 Å². The van der Waals surface area contributed by atoms with E-state index in [1.807, 2.05) is 0 Å². The molecule has 67 heavy (non-hydrogen) atoms. The summed E-state index contributed by atoms with van der Waals surface area (Å²) >= 11 is 0. The van der Waals surface area contributed by atoms with Crippen molar-refractivity contribution in [3.8, 4) is 0 Å². The third kappa shape index (κ3) is 40.2. The molecule has 0 saturated carbocycles. The lowest BCUT2D eigenvalue weighted by Crippen LogP contribution is -2.59. The number of unbranched alkanes of at least 4 members (excludes halogenated alkanes) is 39. The van der Waals surface area contributed by atoms with Crippen molar-refractivity contribution < 1.29 is 44.2 Å². The lowest BCUT2D eigenvalue weighted by atomic mass is 9.99. The zero-order valence-corrected chi connectivity index (χ0v) is 44.2. The van der Waals surface area contributed by atoms with Crippen molar-refractivity contribution in [3.63, 3.8) is 0 Å². The molecule has 398 valence electrons. The summed E-state index contributed by atoms with van der Waals surface area (Å²) in [5.74, 6) is -0.305. The molecule has 0 aromatic heterocycles. The van der Waals surface area contributed by atoms with E-state index in [-0.39, 0.29) is 19.2 Å². The van der Waals surface area contributed by atoms with Crippen LogP contribution < -0.4 is 0 Å². The van der Waals surface area contributed by atoms with Crippen LogP contribution in [0.4, 0.5) is 0 Å². The average Bonchev–Trinajstić information content (AvgIpc) is 3.33. The highest BCUT2D eigenvalue weighted by Crippen LogP contribution is 2.23. The molecule has 0 bridgehead atoms. The predicted octanol–water partition coefficient (Wildman–Crippen LogP) is 15.1. The second-order valence-corrected chi connectivity index (χ2v) is 20.5. The van der Waals surface area contributed by atoms with Crippen molar-refractivity contribution >= 4 is 5.97 Å². The number of carbonyl (C=O) groups is 1. The fourth-order valence-electron chi connectivity index (χ4n) is 9.37. The maximum atomic E-state index is 12.9. The summed E-state index contributed by atoms with van der Waals surface area (Å²) in [7, 11) is 0. The molecular formula is C58H112O9. The van der Waals surface area contributed by atoms with E-state index in [4.69, 9.17) is 18.9 Å². The molecule has 1 aliphatic heterocycles. The van der Waals surface area contributed by atoms with Gasteiger partial charge in [-0.2, -0.15) is 0 Å². The number of allylic oxidation sites excluding steroid dienone is 2. The van der Waals surface area contributed by atoms with Crippen molar-refractivity contribution in [1.82, 2.24) is 0 Å². The van der Waals surface area contributed by atoms with Gasteiger partial charge in [0.2, 0.25) is 0 Å². The minimum absolute atomic E-state index is 0.106. The van der Waals surface area contributed by atoms with E-state index in [9.17, 15) is 25.2 Å². The second kappa shape index (κ2) is 49.9. The molecule has 4 N–H and O–H groups in total. The monoisotopic (exact) mass is 953 g/mol. The SMILES string of the molecule is CCCCCCCCCC/C=C\CCCCCCCCCCCCCCCCOCC(COC1OC(CO)C(O)C(O)C1O)OC(=O)CCCCCCCCCCCCCCCCCCCC. The van der Waals surface area contributed by atoms with Crippen LogP contribution in [0.1, 0.15) is 290 Å². The van der Waals surface area contributed by atoms with Gasteiger partial charge in [0, 0.05) is 13.0 Å². The Kier molecular flexibility index (Phi) is 47.6. The Hall–Kier alpha value is -1.07. The summed E-state index contributed by atoms with van der Waals surface area (Å²) in [4.78, 5) is 12.9. The molecule has 0 radical (unpaired) electrons. The van der Waals surface area contributed by atoms with Gasteiger partial charge in [-0.25, -0.2) is 0 Å². The number of hydrogen-bond acceptors (Lipinski definition) is 9. The number of aliphatic hydroxyl groups excluding tert-OH is 4. The van der Waals surface area contributed by atoms with Crippen LogP contribution in [-0.2, 0) is 23.7 Å². The van der Waals surface area contributed by atoms with E-state index < -0.39 is 43.4 Å². The summed E-state index contributed by atoms with van der Waals surface area (Å²) in [6.45, 7) is 4.63. The van der Waals surface area contributed by atoms with Gasteiger partial charge in [-0.05, 0) is 38.5 Å². The Morgan fingerprint density at radius 2 is 0.821 bits per heavy atom. The van der Waals surface area contributed by atoms with Gasteiger partial charge in [-0.15, -0.1) is 0 Å². The third-order valence-electron chi connectivity index (χ3n) is 13.9. The maximum absolute atomic E-state index is 12.9. The molecule has 1 aliphatic rings. The first-order chi connectivity index (χ1) is 32.9. The summed E-state index contributed by atoms with van der Waals surface area (Å²) < 4.78 is 23.0. The van der Waals surface area contributed by atoms with E-state index in [1.165, 1.54) is 238 Å². The smallest absolute Gasteiger partial charge is 0.306 e. The Bertz CT molecular complexity index is 1040. The molecule has 0 spiro atoms. The fourth-order valence-corrected chi connectivity index (χ4v) is 9.37. The Morgan fingerprint density at radius 3 is 1.21 bits per heavy atom. The van der Waals surface area contributed by atoms with Crippen LogP contribution in [0.2, 0.25) is 0 Å². The number of carbonyl (C=O) groups excluding carboxylic acids is 1. The molecule has 9 nitrogen and oxygen atoms in total. The second-order valence-electron chi connectivity index (χ2n) is 20.5. The maximum Gasteiger partial charge on any atom is 0.306 e. The zero-order chi connectivity index (χ0) is 48.5. The van der Waals surface area contributed by atoms with E-state index in [2.05, 4.69) is 26.0 Å².